The number of ether oxygens (including phenoxy) is 1. The average molecular weight is 318 g/mol. The lowest BCUT2D eigenvalue weighted by Gasteiger charge is -2.56. The van der Waals surface area contributed by atoms with Gasteiger partial charge in [0.05, 0.1) is 6.10 Å². The minimum Gasteiger partial charge on any atom is -0.377 e. The van der Waals surface area contributed by atoms with Crippen molar-refractivity contribution in [1.29, 1.82) is 0 Å². The molecule has 0 bridgehead atoms. The molecule has 1 aromatic rings. The highest BCUT2D eigenvalue weighted by Gasteiger charge is 2.59. The van der Waals surface area contributed by atoms with E-state index in [4.69, 9.17) is 4.74 Å². The third kappa shape index (κ3) is 2.48. The Bertz CT molecular complexity index is 629. The van der Waals surface area contributed by atoms with Crippen molar-refractivity contribution < 1.29 is 4.74 Å². The zero-order chi connectivity index (χ0) is 16.0. The summed E-state index contributed by atoms with van der Waals surface area (Å²) < 4.78 is 5.89. The Morgan fingerprint density at radius 2 is 2.30 bits per heavy atom. The minimum atomic E-state index is -0.0959. The number of fused-ring (bicyclic) bond motifs is 1. The topological polar surface area (TPSA) is 70.2 Å². The van der Waals surface area contributed by atoms with Crippen molar-refractivity contribution in [3.63, 3.8) is 0 Å². The first-order chi connectivity index (χ1) is 11.1. The van der Waals surface area contributed by atoms with Crippen LogP contribution in [0.5, 0.6) is 0 Å². The summed E-state index contributed by atoms with van der Waals surface area (Å²) >= 11 is 0. The molecule has 2 N–H and O–H groups in total. The highest BCUT2D eigenvalue weighted by atomic mass is 16.5. The Kier molecular flexibility index (Phi) is 3.69. The molecule has 2 saturated heterocycles. The van der Waals surface area contributed by atoms with E-state index in [9.17, 15) is 4.79 Å². The number of aromatic amines is 1. The van der Waals surface area contributed by atoms with E-state index < -0.39 is 0 Å². The van der Waals surface area contributed by atoms with Crippen molar-refractivity contribution in [3.8, 4) is 0 Å². The summed E-state index contributed by atoms with van der Waals surface area (Å²) in [6.07, 6.45) is 7.07. The highest BCUT2D eigenvalue weighted by molar-refractivity contribution is 5.36. The molecule has 6 nitrogen and oxygen atoms in total. The van der Waals surface area contributed by atoms with Crippen LogP contribution in [0.25, 0.3) is 0 Å². The molecule has 6 heteroatoms. The predicted octanol–water partition coefficient (Wildman–Crippen LogP) is 1.14. The second-order valence-electron chi connectivity index (χ2n) is 7.74. The molecule has 0 radical (unpaired) electrons. The number of anilines is 1. The van der Waals surface area contributed by atoms with E-state index in [0.717, 1.165) is 32.5 Å². The molecule has 0 unspecified atom stereocenters. The van der Waals surface area contributed by atoms with Crippen LogP contribution < -0.4 is 15.8 Å². The van der Waals surface area contributed by atoms with E-state index >= 15 is 0 Å². The van der Waals surface area contributed by atoms with Crippen LogP contribution >= 0.6 is 0 Å². The second kappa shape index (κ2) is 5.60. The average Bonchev–Trinajstić information content (AvgIpc) is 3.00. The van der Waals surface area contributed by atoms with E-state index in [1.54, 1.807) is 12.4 Å². The molecule has 1 aromatic heterocycles. The molecule has 3 fully saturated rings. The number of hydrogen-bond donors (Lipinski definition) is 2. The Morgan fingerprint density at radius 1 is 1.43 bits per heavy atom. The first kappa shape index (κ1) is 15.1. The fourth-order valence-electron chi connectivity index (χ4n) is 4.79. The summed E-state index contributed by atoms with van der Waals surface area (Å²) in [5.41, 5.74) is 0.104. The summed E-state index contributed by atoms with van der Waals surface area (Å²) in [4.78, 5) is 21.1. The third-order valence-electron chi connectivity index (χ3n) is 5.93. The zero-order valence-corrected chi connectivity index (χ0v) is 13.9. The summed E-state index contributed by atoms with van der Waals surface area (Å²) in [5.74, 6) is 1.20. The third-order valence-corrected chi connectivity index (χ3v) is 5.93. The first-order valence-corrected chi connectivity index (χ1v) is 8.73. The molecular formula is C17H26N4O2. The zero-order valence-electron chi connectivity index (χ0n) is 13.9. The Labute approximate surface area is 136 Å². The van der Waals surface area contributed by atoms with E-state index in [2.05, 4.69) is 34.0 Å². The van der Waals surface area contributed by atoms with Gasteiger partial charge in [0.2, 0.25) is 0 Å². The monoisotopic (exact) mass is 318 g/mol. The lowest BCUT2D eigenvalue weighted by atomic mass is 9.57. The van der Waals surface area contributed by atoms with Gasteiger partial charge in [-0.2, -0.15) is 0 Å². The van der Waals surface area contributed by atoms with Crippen LogP contribution in [-0.2, 0) is 4.74 Å². The fourth-order valence-corrected chi connectivity index (χ4v) is 4.79. The lowest BCUT2D eigenvalue weighted by Crippen LogP contribution is -2.68. The molecule has 4 atom stereocenters. The van der Waals surface area contributed by atoms with Crippen LogP contribution in [0.15, 0.2) is 17.2 Å². The number of aromatic nitrogens is 2. The van der Waals surface area contributed by atoms with Crippen molar-refractivity contribution >= 4 is 5.82 Å². The normalized spacial score (nSPS) is 35.7. The van der Waals surface area contributed by atoms with Gasteiger partial charge in [0.25, 0.3) is 5.56 Å². The quantitative estimate of drug-likeness (QED) is 0.875. The molecule has 3 aliphatic rings. The van der Waals surface area contributed by atoms with Crippen LogP contribution in [0.2, 0.25) is 0 Å². The van der Waals surface area contributed by atoms with E-state index in [-0.39, 0.29) is 11.0 Å². The van der Waals surface area contributed by atoms with Crippen LogP contribution in [0.4, 0.5) is 5.82 Å². The molecule has 1 saturated carbocycles. The summed E-state index contributed by atoms with van der Waals surface area (Å²) in [5, 5.41) is 3.87. The van der Waals surface area contributed by atoms with Gasteiger partial charge in [-0.1, -0.05) is 13.8 Å². The van der Waals surface area contributed by atoms with Crippen molar-refractivity contribution in [2.24, 2.45) is 11.3 Å². The van der Waals surface area contributed by atoms with Gasteiger partial charge in [0, 0.05) is 55.5 Å². The fraction of sp³-hybridized carbons (Fsp3) is 0.765. The maximum absolute atomic E-state index is 12.0. The molecule has 3 heterocycles. The lowest BCUT2D eigenvalue weighted by molar-refractivity contribution is -0.115. The van der Waals surface area contributed by atoms with Gasteiger partial charge in [0.1, 0.15) is 0 Å². The molecule has 1 aliphatic carbocycles. The molecule has 0 spiro atoms. The van der Waals surface area contributed by atoms with Crippen molar-refractivity contribution in [2.45, 2.75) is 51.3 Å². The van der Waals surface area contributed by atoms with Gasteiger partial charge in [-0.05, 0) is 19.3 Å². The Hall–Kier alpha value is -1.40. The van der Waals surface area contributed by atoms with Gasteiger partial charge in [-0.25, -0.2) is 4.98 Å². The SMILES string of the molecule is CC1(C)[C@H](N[C@@H]2CCCN(c3ncc[nH]c3=O)C2)[C@H]2CCO[C@H]21. The Balaban J connectivity index is 1.44. The van der Waals surface area contributed by atoms with Gasteiger partial charge in [0.15, 0.2) is 5.82 Å². The minimum absolute atomic E-state index is 0.0959. The molecule has 23 heavy (non-hydrogen) atoms. The number of hydrogen-bond acceptors (Lipinski definition) is 5. The highest BCUT2D eigenvalue weighted by Crippen LogP contribution is 2.52. The summed E-state index contributed by atoms with van der Waals surface area (Å²) in [6, 6.07) is 0.929. The molecule has 0 aromatic carbocycles. The molecule has 4 rings (SSSR count). The van der Waals surface area contributed by atoms with Crippen LogP contribution in [0.1, 0.15) is 33.1 Å². The maximum atomic E-state index is 12.0. The van der Waals surface area contributed by atoms with Crippen molar-refractivity contribution in [2.75, 3.05) is 24.6 Å². The largest absolute Gasteiger partial charge is 0.377 e. The molecule has 0 amide bonds. The number of nitrogens with one attached hydrogen (secondary N) is 2. The summed E-state index contributed by atoms with van der Waals surface area (Å²) in [7, 11) is 0. The van der Waals surface area contributed by atoms with Crippen molar-refractivity contribution in [1.82, 2.24) is 15.3 Å². The van der Waals surface area contributed by atoms with Gasteiger partial charge < -0.3 is 19.9 Å². The molecule has 2 aliphatic heterocycles. The van der Waals surface area contributed by atoms with Crippen LogP contribution in [0.3, 0.4) is 0 Å². The van der Waals surface area contributed by atoms with Gasteiger partial charge >= 0.3 is 0 Å². The van der Waals surface area contributed by atoms with E-state index in [1.165, 1.54) is 6.42 Å². The van der Waals surface area contributed by atoms with Crippen molar-refractivity contribution in [3.05, 3.63) is 22.7 Å². The molecular weight excluding hydrogens is 292 g/mol. The summed E-state index contributed by atoms with van der Waals surface area (Å²) in [6.45, 7) is 7.27. The standard InChI is InChI=1S/C17H26N4O2/c1-17(2)13(12-5-9-23-14(12)17)20-11-4-3-8-21(10-11)15-16(22)19-7-6-18-15/h6-7,11-14,20H,3-5,8-10H2,1-2H3,(H,19,22)/t11-,12-,13-,14-/m1/s1. The number of rotatable bonds is 3. The Morgan fingerprint density at radius 3 is 3.13 bits per heavy atom. The first-order valence-electron chi connectivity index (χ1n) is 8.73. The van der Waals surface area contributed by atoms with E-state index in [0.29, 0.717) is 29.9 Å². The smallest absolute Gasteiger partial charge is 0.290 e. The van der Waals surface area contributed by atoms with Gasteiger partial charge in [-0.15, -0.1) is 0 Å². The predicted molar refractivity (Wildman–Crippen MR) is 88.6 cm³/mol. The van der Waals surface area contributed by atoms with Crippen LogP contribution in [0, 0.1) is 11.3 Å². The van der Waals surface area contributed by atoms with Gasteiger partial charge in [-0.3, -0.25) is 4.79 Å². The van der Waals surface area contributed by atoms with E-state index in [1.807, 2.05) is 0 Å². The molecule has 126 valence electrons. The van der Waals surface area contributed by atoms with Crippen LogP contribution in [-0.4, -0.2) is 47.9 Å². The second-order valence-corrected chi connectivity index (χ2v) is 7.74. The number of H-pyrrole nitrogens is 1. The maximum Gasteiger partial charge on any atom is 0.290 e. The number of piperidine rings is 1. The number of nitrogens with zero attached hydrogens (tertiary/aromatic N) is 2.